The van der Waals surface area contributed by atoms with Crippen molar-refractivity contribution in [3.8, 4) is 11.5 Å². The summed E-state index contributed by atoms with van der Waals surface area (Å²) in [7, 11) is 3.15. The van der Waals surface area contributed by atoms with E-state index < -0.39 is 0 Å². The number of rotatable bonds is 4. The molecule has 0 radical (unpaired) electrons. The zero-order chi connectivity index (χ0) is 18.7. The van der Waals surface area contributed by atoms with Crippen molar-refractivity contribution in [1.82, 2.24) is 14.9 Å². The normalized spacial score (nSPS) is 13.8. The molecule has 4 N–H and O–H groups in total. The molecule has 1 aromatic carbocycles. The van der Waals surface area contributed by atoms with Crippen molar-refractivity contribution in [3.63, 3.8) is 0 Å². The molecule has 1 aliphatic heterocycles. The van der Waals surface area contributed by atoms with Gasteiger partial charge in [-0.2, -0.15) is 4.98 Å². The summed E-state index contributed by atoms with van der Waals surface area (Å²) in [5.41, 5.74) is 6.84. The highest BCUT2D eigenvalue weighted by Gasteiger charge is 2.22. The third-order valence-corrected chi connectivity index (χ3v) is 4.40. The third kappa shape index (κ3) is 4.55. The number of carbonyl (C=O) groups excluding carboxylic acids is 1. The van der Waals surface area contributed by atoms with Crippen LogP contribution in [-0.2, 0) is 4.79 Å². The minimum atomic E-state index is 0. The van der Waals surface area contributed by atoms with Crippen LogP contribution in [0.15, 0.2) is 24.3 Å². The Kier molecular flexibility index (Phi) is 8.27. The Hall–Kier alpha value is -2.78. The maximum atomic E-state index is 11.9. The fourth-order valence-electron chi connectivity index (χ4n) is 2.98. The fraction of sp³-hybridized carbons (Fsp3) is 0.389. The molecule has 9 nitrogen and oxygen atoms in total. The van der Waals surface area contributed by atoms with E-state index in [1.807, 2.05) is 16.7 Å². The third-order valence-electron chi connectivity index (χ3n) is 4.40. The average Bonchev–Trinajstić information content (AvgIpc) is 2.67. The molecule has 0 saturated carbocycles. The number of nitrogen functional groups attached to an aromatic ring is 1. The number of ether oxygens (including phenoxy) is 2. The lowest BCUT2D eigenvalue weighted by Gasteiger charge is -2.34. The number of benzene rings is 1. The highest BCUT2D eigenvalue weighted by Crippen LogP contribution is 2.34. The topological polar surface area (TPSA) is 125 Å². The van der Waals surface area contributed by atoms with Gasteiger partial charge >= 0.3 is 0 Å². The number of anilines is 2. The molecule has 0 spiro atoms. The van der Waals surface area contributed by atoms with Crippen LogP contribution in [0, 0.1) is 0 Å². The van der Waals surface area contributed by atoms with Crippen LogP contribution in [-0.4, -0.2) is 66.6 Å². The van der Waals surface area contributed by atoms with Gasteiger partial charge in [0.1, 0.15) is 5.82 Å². The van der Waals surface area contributed by atoms with Gasteiger partial charge in [0.15, 0.2) is 11.5 Å². The second kappa shape index (κ2) is 9.95. The number of piperazine rings is 1. The molecule has 1 aromatic heterocycles. The van der Waals surface area contributed by atoms with Gasteiger partial charge in [-0.15, -0.1) is 12.4 Å². The number of methoxy groups -OCH3 is 2. The standard InChI is InChI=1S/C18H23N5O3.ClH.H2O/c1-4-5-16(24)22-6-8-23(9-7-22)18-20-13-11-15(26-3)14(25-2)10-12(13)17(19)21-18;;/h4-5,10-11H,6-9H2,1-3H3,(H2,19,20,21);1H;1H2. The minimum Gasteiger partial charge on any atom is -0.493 e. The molecule has 2 heterocycles. The van der Waals surface area contributed by atoms with E-state index in [0.717, 1.165) is 0 Å². The lowest BCUT2D eigenvalue weighted by molar-refractivity contribution is -0.126. The van der Waals surface area contributed by atoms with Gasteiger partial charge in [0, 0.05) is 37.6 Å². The largest absolute Gasteiger partial charge is 0.493 e. The first-order valence-electron chi connectivity index (χ1n) is 8.43. The first-order valence-corrected chi connectivity index (χ1v) is 8.43. The Morgan fingerprint density at radius 1 is 1.11 bits per heavy atom. The van der Waals surface area contributed by atoms with Crippen molar-refractivity contribution >= 4 is 41.0 Å². The van der Waals surface area contributed by atoms with Crippen LogP contribution < -0.4 is 20.1 Å². The average molecular weight is 412 g/mol. The van der Waals surface area contributed by atoms with Crippen molar-refractivity contribution < 1.29 is 19.7 Å². The van der Waals surface area contributed by atoms with Crippen LogP contribution in [0.3, 0.4) is 0 Å². The molecule has 28 heavy (non-hydrogen) atoms. The van der Waals surface area contributed by atoms with Crippen molar-refractivity contribution in [3.05, 3.63) is 24.3 Å². The number of amides is 1. The monoisotopic (exact) mass is 411 g/mol. The molecule has 0 unspecified atom stereocenters. The molecular formula is C18H26ClN5O4. The molecule has 3 rings (SSSR count). The molecule has 1 saturated heterocycles. The molecule has 1 fully saturated rings. The van der Waals surface area contributed by atoms with Gasteiger partial charge in [0.2, 0.25) is 11.9 Å². The number of fused-ring (bicyclic) bond motifs is 1. The van der Waals surface area contributed by atoms with Gasteiger partial charge < -0.3 is 30.5 Å². The van der Waals surface area contributed by atoms with E-state index in [4.69, 9.17) is 15.2 Å². The van der Waals surface area contributed by atoms with Crippen LogP contribution >= 0.6 is 12.4 Å². The zero-order valence-electron chi connectivity index (χ0n) is 16.1. The Balaban J connectivity index is 0.00000196. The summed E-state index contributed by atoms with van der Waals surface area (Å²) in [6, 6.07) is 3.57. The van der Waals surface area contributed by atoms with Crippen LogP contribution in [0.1, 0.15) is 6.92 Å². The lowest BCUT2D eigenvalue weighted by atomic mass is 10.2. The smallest absolute Gasteiger partial charge is 0.246 e. The van der Waals surface area contributed by atoms with Gasteiger partial charge in [0.25, 0.3) is 0 Å². The molecule has 0 atom stereocenters. The maximum Gasteiger partial charge on any atom is 0.246 e. The van der Waals surface area contributed by atoms with Crippen LogP contribution in [0.2, 0.25) is 0 Å². The molecule has 154 valence electrons. The van der Waals surface area contributed by atoms with Crippen molar-refractivity contribution in [2.45, 2.75) is 6.92 Å². The summed E-state index contributed by atoms with van der Waals surface area (Å²) >= 11 is 0. The SMILES string of the molecule is CC=CC(=O)N1CCN(c2nc(N)c3cc(OC)c(OC)cc3n2)CC1.Cl.O. The van der Waals surface area contributed by atoms with E-state index in [9.17, 15) is 4.79 Å². The van der Waals surface area contributed by atoms with E-state index in [-0.39, 0.29) is 23.8 Å². The van der Waals surface area contributed by atoms with Crippen molar-refractivity contribution in [1.29, 1.82) is 0 Å². The highest BCUT2D eigenvalue weighted by atomic mass is 35.5. The number of hydrogen-bond donors (Lipinski definition) is 1. The van der Waals surface area contributed by atoms with Crippen molar-refractivity contribution in [2.75, 3.05) is 51.0 Å². The van der Waals surface area contributed by atoms with Crippen molar-refractivity contribution in [2.24, 2.45) is 0 Å². The number of nitrogens with zero attached hydrogens (tertiary/aromatic N) is 4. The predicted molar refractivity (Wildman–Crippen MR) is 112 cm³/mol. The second-order valence-electron chi connectivity index (χ2n) is 5.95. The lowest BCUT2D eigenvalue weighted by Crippen LogP contribution is -2.48. The molecule has 0 aliphatic carbocycles. The molecule has 1 amide bonds. The molecular weight excluding hydrogens is 386 g/mol. The Morgan fingerprint density at radius 3 is 2.29 bits per heavy atom. The summed E-state index contributed by atoms with van der Waals surface area (Å²) in [5.74, 6) is 2.15. The summed E-state index contributed by atoms with van der Waals surface area (Å²) in [6.45, 7) is 4.39. The van der Waals surface area contributed by atoms with E-state index in [2.05, 4.69) is 9.97 Å². The number of halogens is 1. The highest BCUT2D eigenvalue weighted by molar-refractivity contribution is 5.92. The van der Waals surface area contributed by atoms with E-state index >= 15 is 0 Å². The minimum absolute atomic E-state index is 0. The Morgan fingerprint density at radius 2 is 1.71 bits per heavy atom. The summed E-state index contributed by atoms with van der Waals surface area (Å²) in [4.78, 5) is 24.9. The van der Waals surface area contributed by atoms with Gasteiger partial charge in [0.05, 0.1) is 19.7 Å². The molecule has 10 heteroatoms. The van der Waals surface area contributed by atoms with Gasteiger partial charge in [-0.25, -0.2) is 4.98 Å². The van der Waals surface area contributed by atoms with E-state index in [1.165, 1.54) is 0 Å². The fourth-order valence-corrected chi connectivity index (χ4v) is 2.98. The predicted octanol–water partition coefficient (Wildman–Crippen LogP) is 1.05. The van der Waals surface area contributed by atoms with Crippen LogP contribution in [0.5, 0.6) is 11.5 Å². The second-order valence-corrected chi connectivity index (χ2v) is 5.95. The van der Waals surface area contributed by atoms with E-state index in [1.54, 1.807) is 38.5 Å². The van der Waals surface area contributed by atoms with Gasteiger partial charge in [-0.05, 0) is 19.1 Å². The quantitative estimate of drug-likeness (QED) is 0.745. The number of nitrogens with two attached hydrogens (primary N) is 1. The Labute approximate surface area is 169 Å². The molecule has 0 bridgehead atoms. The molecule has 1 aliphatic rings. The first kappa shape index (κ1) is 23.3. The Bertz CT molecular complexity index is 853. The number of hydrogen-bond acceptors (Lipinski definition) is 7. The zero-order valence-corrected chi connectivity index (χ0v) is 17.0. The van der Waals surface area contributed by atoms with Crippen LogP contribution in [0.25, 0.3) is 10.9 Å². The summed E-state index contributed by atoms with van der Waals surface area (Å²) in [5, 5.41) is 0.716. The number of allylic oxidation sites excluding steroid dienone is 1. The summed E-state index contributed by atoms with van der Waals surface area (Å²) in [6.07, 6.45) is 3.34. The van der Waals surface area contributed by atoms with Gasteiger partial charge in [-0.3, -0.25) is 4.79 Å². The number of aromatic nitrogens is 2. The van der Waals surface area contributed by atoms with Crippen LogP contribution in [0.4, 0.5) is 11.8 Å². The maximum absolute atomic E-state index is 11.9. The van der Waals surface area contributed by atoms with Gasteiger partial charge in [-0.1, -0.05) is 6.08 Å². The first-order chi connectivity index (χ1) is 12.6. The van der Waals surface area contributed by atoms with E-state index in [0.29, 0.717) is 60.3 Å². The molecule has 2 aromatic rings. The number of carbonyl (C=O) groups is 1. The summed E-state index contributed by atoms with van der Waals surface area (Å²) < 4.78 is 10.7.